The minimum atomic E-state index is 0.229. The van der Waals surface area contributed by atoms with E-state index in [0.717, 1.165) is 35.3 Å². The number of rotatable bonds is 6. The molecule has 0 amide bonds. The first-order chi connectivity index (χ1) is 8.19. The van der Waals surface area contributed by atoms with Crippen molar-refractivity contribution in [1.29, 1.82) is 0 Å². The summed E-state index contributed by atoms with van der Waals surface area (Å²) >= 11 is 5.99. The number of halogens is 1. The summed E-state index contributed by atoms with van der Waals surface area (Å²) in [5.74, 6) is 0.905. The third-order valence-corrected chi connectivity index (χ3v) is 3.35. The van der Waals surface area contributed by atoms with Gasteiger partial charge in [-0.1, -0.05) is 24.6 Å². The maximum Gasteiger partial charge on any atom is 0.124 e. The number of hydrogen-bond donors (Lipinski definition) is 1. The van der Waals surface area contributed by atoms with Gasteiger partial charge < -0.3 is 10.1 Å². The molecule has 1 fully saturated rings. The number of aryl methyl sites for hydroxylation is 1. The lowest BCUT2D eigenvalue weighted by Crippen LogP contribution is -2.32. The summed E-state index contributed by atoms with van der Waals surface area (Å²) in [5.41, 5.74) is 1.14. The van der Waals surface area contributed by atoms with Crippen LogP contribution in [0.4, 0.5) is 0 Å². The largest absolute Gasteiger partial charge is 0.489 e. The second kappa shape index (κ2) is 5.74. The van der Waals surface area contributed by atoms with Crippen molar-refractivity contribution >= 4 is 11.6 Å². The molecule has 1 aromatic rings. The normalized spacial score (nSPS) is 16.9. The molecule has 0 heterocycles. The molecule has 2 rings (SSSR count). The van der Waals surface area contributed by atoms with Crippen molar-refractivity contribution < 1.29 is 4.74 Å². The van der Waals surface area contributed by atoms with Crippen LogP contribution in [0.5, 0.6) is 5.75 Å². The van der Waals surface area contributed by atoms with Crippen LogP contribution in [0, 0.1) is 6.92 Å². The maximum atomic E-state index is 6.01. The third kappa shape index (κ3) is 3.90. The second-order valence-electron chi connectivity index (χ2n) is 4.74. The van der Waals surface area contributed by atoms with E-state index in [4.69, 9.17) is 16.3 Å². The Labute approximate surface area is 108 Å². The van der Waals surface area contributed by atoms with Crippen molar-refractivity contribution in [1.82, 2.24) is 5.32 Å². The Morgan fingerprint density at radius 3 is 2.88 bits per heavy atom. The molecule has 0 aromatic heterocycles. The van der Waals surface area contributed by atoms with Crippen LogP contribution in [0.2, 0.25) is 5.02 Å². The average Bonchev–Trinajstić information content (AvgIpc) is 3.12. The summed E-state index contributed by atoms with van der Waals surface area (Å²) < 4.78 is 6.01. The molecule has 2 nitrogen and oxygen atoms in total. The quantitative estimate of drug-likeness (QED) is 0.837. The third-order valence-electron chi connectivity index (χ3n) is 3.11. The van der Waals surface area contributed by atoms with Crippen LogP contribution >= 0.6 is 11.6 Å². The fraction of sp³-hybridized carbons (Fsp3) is 0.571. The average molecular weight is 254 g/mol. The highest BCUT2D eigenvalue weighted by atomic mass is 35.5. The standard InChI is InChI=1S/C14H20ClNO/c1-3-13(9-16-12-6-7-12)17-14-8-11(15)5-4-10(14)2/h4-5,8,12-13,16H,3,6-7,9H2,1-2H3. The van der Waals surface area contributed by atoms with Gasteiger partial charge in [0, 0.05) is 17.6 Å². The van der Waals surface area contributed by atoms with Gasteiger partial charge in [-0.05, 0) is 43.9 Å². The number of nitrogens with one attached hydrogen (secondary N) is 1. The van der Waals surface area contributed by atoms with Crippen LogP contribution in [-0.4, -0.2) is 18.7 Å². The van der Waals surface area contributed by atoms with Gasteiger partial charge in [-0.3, -0.25) is 0 Å². The molecule has 0 bridgehead atoms. The van der Waals surface area contributed by atoms with Gasteiger partial charge in [0.15, 0.2) is 0 Å². The Bertz CT molecular complexity index is 376. The zero-order valence-electron chi connectivity index (χ0n) is 10.5. The monoisotopic (exact) mass is 253 g/mol. The molecule has 0 spiro atoms. The fourth-order valence-electron chi connectivity index (χ4n) is 1.74. The molecule has 1 atom stereocenters. The van der Waals surface area contributed by atoms with E-state index in [1.165, 1.54) is 12.8 Å². The molecule has 3 heteroatoms. The molecule has 0 saturated heterocycles. The van der Waals surface area contributed by atoms with E-state index in [1.807, 2.05) is 25.1 Å². The molecule has 1 unspecified atom stereocenters. The zero-order valence-corrected chi connectivity index (χ0v) is 11.3. The molecule has 94 valence electrons. The molecule has 1 saturated carbocycles. The van der Waals surface area contributed by atoms with Gasteiger partial charge in [0.2, 0.25) is 0 Å². The maximum absolute atomic E-state index is 6.01. The van der Waals surface area contributed by atoms with Crippen molar-refractivity contribution in [3.8, 4) is 5.75 Å². The van der Waals surface area contributed by atoms with E-state index in [0.29, 0.717) is 0 Å². The van der Waals surface area contributed by atoms with E-state index < -0.39 is 0 Å². The van der Waals surface area contributed by atoms with Gasteiger partial charge in [-0.15, -0.1) is 0 Å². The van der Waals surface area contributed by atoms with Crippen LogP contribution in [0.3, 0.4) is 0 Å². The van der Waals surface area contributed by atoms with E-state index >= 15 is 0 Å². The Kier molecular flexibility index (Phi) is 4.30. The summed E-state index contributed by atoms with van der Waals surface area (Å²) in [6, 6.07) is 6.52. The summed E-state index contributed by atoms with van der Waals surface area (Å²) in [6.07, 6.45) is 3.86. The highest BCUT2D eigenvalue weighted by Gasteiger charge is 2.22. The van der Waals surface area contributed by atoms with E-state index in [2.05, 4.69) is 12.2 Å². The Morgan fingerprint density at radius 1 is 1.47 bits per heavy atom. The Hall–Kier alpha value is -0.730. The zero-order chi connectivity index (χ0) is 12.3. The predicted octanol–water partition coefficient (Wildman–Crippen LogP) is 3.56. The van der Waals surface area contributed by atoms with Gasteiger partial charge in [0.25, 0.3) is 0 Å². The summed E-state index contributed by atoms with van der Waals surface area (Å²) in [5, 5.41) is 4.24. The van der Waals surface area contributed by atoms with Gasteiger partial charge in [0.1, 0.15) is 11.9 Å². The predicted molar refractivity (Wildman–Crippen MR) is 71.9 cm³/mol. The van der Waals surface area contributed by atoms with Gasteiger partial charge >= 0.3 is 0 Å². The lowest BCUT2D eigenvalue weighted by atomic mass is 10.2. The van der Waals surface area contributed by atoms with Crippen LogP contribution in [0.15, 0.2) is 18.2 Å². The SMILES string of the molecule is CCC(CNC1CC1)Oc1cc(Cl)ccc1C. The molecule has 1 aliphatic rings. The van der Waals surface area contributed by atoms with E-state index in [9.17, 15) is 0 Å². The minimum Gasteiger partial charge on any atom is -0.489 e. The van der Waals surface area contributed by atoms with Crippen LogP contribution in [-0.2, 0) is 0 Å². The first kappa shape index (κ1) is 12.7. The first-order valence-electron chi connectivity index (χ1n) is 6.35. The molecular formula is C14H20ClNO. The summed E-state index contributed by atoms with van der Waals surface area (Å²) in [6.45, 7) is 5.12. The number of ether oxygens (including phenoxy) is 1. The van der Waals surface area contributed by atoms with Crippen molar-refractivity contribution in [2.45, 2.75) is 45.3 Å². The Balaban J connectivity index is 1.93. The highest BCUT2D eigenvalue weighted by Crippen LogP contribution is 2.24. The molecule has 0 radical (unpaired) electrons. The number of hydrogen-bond acceptors (Lipinski definition) is 2. The van der Waals surface area contributed by atoms with Crippen molar-refractivity contribution in [3.63, 3.8) is 0 Å². The lowest BCUT2D eigenvalue weighted by molar-refractivity contribution is 0.191. The summed E-state index contributed by atoms with van der Waals surface area (Å²) in [7, 11) is 0. The fourth-order valence-corrected chi connectivity index (χ4v) is 1.90. The lowest BCUT2D eigenvalue weighted by Gasteiger charge is -2.19. The smallest absolute Gasteiger partial charge is 0.124 e. The molecule has 1 aliphatic carbocycles. The molecule has 1 N–H and O–H groups in total. The van der Waals surface area contributed by atoms with Crippen molar-refractivity contribution in [3.05, 3.63) is 28.8 Å². The molecular weight excluding hydrogens is 234 g/mol. The molecule has 1 aromatic carbocycles. The highest BCUT2D eigenvalue weighted by molar-refractivity contribution is 6.30. The van der Waals surface area contributed by atoms with Crippen LogP contribution < -0.4 is 10.1 Å². The van der Waals surface area contributed by atoms with Gasteiger partial charge in [0.05, 0.1) is 0 Å². The summed E-state index contributed by atoms with van der Waals surface area (Å²) in [4.78, 5) is 0. The van der Waals surface area contributed by atoms with Crippen LogP contribution in [0.1, 0.15) is 31.7 Å². The Morgan fingerprint density at radius 2 is 2.24 bits per heavy atom. The second-order valence-corrected chi connectivity index (χ2v) is 5.18. The van der Waals surface area contributed by atoms with Gasteiger partial charge in [-0.2, -0.15) is 0 Å². The van der Waals surface area contributed by atoms with Gasteiger partial charge in [-0.25, -0.2) is 0 Å². The topological polar surface area (TPSA) is 21.3 Å². The van der Waals surface area contributed by atoms with Crippen molar-refractivity contribution in [2.75, 3.05) is 6.54 Å². The van der Waals surface area contributed by atoms with Crippen LogP contribution in [0.25, 0.3) is 0 Å². The minimum absolute atomic E-state index is 0.229. The molecule has 17 heavy (non-hydrogen) atoms. The molecule has 0 aliphatic heterocycles. The van der Waals surface area contributed by atoms with E-state index in [-0.39, 0.29) is 6.10 Å². The first-order valence-corrected chi connectivity index (χ1v) is 6.73. The number of benzene rings is 1. The van der Waals surface area contributed by atoms with E-state index in [1.54, 1.807) is 0 Å². The van der Waals surface area contributed by atoms with Crippen molar-refractivity contribution in [2.24, 2.45) is 0 Å².